The molecule has 0 saturated heterocycles. The molecule has 9 heteroatoms. The van der Waals surface area contributed by atoms with Gasteiger partial charge in [0.25, 0.3) is 0 Å². The molecule has 0 atom stereocenters. The smallest absolute Gasteiger partial charge is 0.305 e. The highest BCUT2D eigenvalue weighted by molar-refractivity contribution is 5.69. The average molecular weight is 571 g/mol. The number of unbranched alkanes of at least 4 members (excludes halogenated alkanes) is 8. The van der Waals surface area contributed by atoms with Crippen LogP contribution in [-0.4, -0.2) is 95.5 Å². The van der Waals surface area contributed by atoms with Gasteiger partial charge in [-0.15, -0.1) is 0 Å². The van der Waals surface area contributed by atoms with E-state index in [2.05, 4.69) is 28.9 Å². The van der Waals surface area contributed by atoms with Gasteiger partial charge in [-0.05, 0) is 84.1 Å². The molecule has 0 heterocycles. The van der Waals surface area contributed by atoms with E-state index in [9.17, 15) is 19.5 Å². The minimum Gasteiger partial charge on any atom is -0.481 e. The van der Waals surface area contributed by atoms with Crippen molar-refractivity contribution in [1.29, 1.82) is 0 Å². The van der Waals surface area contributed by atoms with Gasteiger partial charge in [-0.3, -0.25) is 14.4 Å². The van der Waals surface area contributed by atoms with Gasteiger partial charge in [0.15, 0.2) is 0 Å². The molecular weight excluding hydrogens is 512 g/mol. The van der Waals surface area contributed by atoms with Crippen molar-refractivity contribution in [3.05, 3.63) is 12.2 Å². The summed E-state index contributed by atoms with van der Waals surface area (Å²) >= 11 is 0. The van der Waals surface area contributed by atoms with Crippen molar-refractivity contribution in [2.45, 2.75) is 116 Å². The van der Waals surface area contributed by atoms with Crippen molar-refractivity contribution in [2.24, 2.45) is 0 Å². The Hall–Kier alpha value is -1.97. The summed E-state index contributed by atoms with van der Waals surface area (Å²) in [6, 6.07) is 0. The van der Waals surface area contributed by atoms with Crippen molar-refractivity contribution in [2.75, 3.05) is 52.5 Å². The quantitative estimate of drug-likeness (QED) is 0.0582. The number of aliphatic hydroxyl groups is 1. The van der Waals surface area contributed by atoms with Crippen LogP contribution >= 0.6 is 0 Å². The van der Waals surface area contributed by atoms with Gasteiger partial charge >= 0.3 is 17.9 Å². The van der Waals surface area contributed by atoms with Crippen LogP contribution < -0.4 is 0 Å². The zero-order valence-corrected chi connectivity index (χ0v) is 25.2. The third-order valence-corrected chi connectivity index (χ3v) is 6.87. The molecule has 0 aromatic rings. The Morgan fingerprint density at radius 1 is 0.600 bits per heavy atom. The van der Waals surface area contributed by atoms with Gasteiger partial charge in [0.05, 0.1) is 13.2 Å². The fraction of sp³-hybridized carbons (Fsp3) is 0.839. The Bertz CT molecular complexity index is 638. The molecule has 0 unspecified atom stereocenters. The van der Waals surface area contributed by atoms with Crippen LogP contribution in [-0.2, 0) is 19.1 Å². The van der Waals surface area contributed by atoms with Crippen molar-refractivity contribution in [3.8, 4) is 0 Å². The normalized spacial score (nSPS) is 11.6. The van der Waals surface area contributed by atoms with E-state index < -0.39 is 11.9 Å². The first-order chi connectivity index (χ1) is 19.4. The maximum absolute atomic E-state index is 12.1. The molecule has 0 rings (SSSR count). The lowest BCUT2D eigenvalue weighted by Gasteiger charge is -2.25. The second kappa shape index (κ2) is 28.6. The summed E-state index contributed by atoms with van der Waals surface area (Å²) in [7, 11) is 0. The lowest BCUT2D eigenvalue weighted by molar-refractivity contribution is -0.144. The predicted molar refractivity (Wildman–Crippen MR) is 159 cm³/mol. The minimum atomic E-state index is -0.828. The second-order valence-electron chi connectivity index (χ2n) is 10.6. The number of carbonyl (C=O) groups is 3. The Kier molecular flexibility index (Phi) is 27.1. The number of hydrogen-bond donors (Lipinski definition) is 3. The van der Waals surface area contributed by atoms with E-state index in [0.29, 0.717) is 58.5 Å². The number of nitrogens with zero attached hydrogens (tertiary/aromatic N) is 2. The van der Waals surface area contributed by atoms with E-state index in [4.69, 9.17) is 14.9 Å². The van der Waals surface area contributed by atoms with E-state index >= 15 is 0 Å². The molecule has 40 heavy (non-hydrogen) atoms. The molecular formula is C31H58N2O7. The topological polar surface area (TPSA) is 128 Å². The van der Waals surface area contributed by atoms with Crippen LogP contribution in [0.15, 0.2) is 12.2 Å². The predicted octanol–water partition coefficient (Wildman–Crippen LogP) is 5.50. The van der Waals surface area contributed by atoms with Gasteiger partial charge in [0.1, 0.15) is 0 Å². The standard InChI is InChI=1S/C31H58N2O7/c1-2-3-4-5-6-7-8-9-10-11-12-13-28-40-31(39)20-16-23-33(26-27-34)25-17-24-32(21-14-18-29(35)36)22-15-19-30(37)38/h5-6,34H,2-4,7-28H2,1H3,(H,35,36)(H,37,38)/b6-5-. The summed E-state index contributed by atoms with van der Waals surface area (Å²) < 4.78 is 5.39. The molecule has 0 amide bonds. The molecule has 0 fully saturated rings. The Morgan fingerprint density at radius 2 is 1.07 bits per heavy atom. The van der Waals surface area contributed by atoms with Gasteiger partial charge < -0.3 is 29.9 Å². The third kappa shape index (κ3) is 27.6. The number of ether oxygens (including phenoxy) is 1. The zero-order chi connectivity index (χ0) is 29.7. The number of aliphatic hydroxyl groups excluding tert-OH is 1. The number of rotatable bonds is 30. The molecule has 0 spiro atoms. The number of carbonyl (C=O) groups excluding carboxylic acids is 1. The SMILES string of the molecule is CCCC/C=C\CCCCCCCCOC(=O)CCCN(CCO)CCCN(CCCC(=O)O)CCCC(=O)O. The number of aliphatic carboxylic acids is 2. The van der Waals surface area contributed by atoms with Crippen LogP contribution in [0.5, 0.6) is 0 Å². The fourth-order valence-corrected chi connectivity index (χ4v) is 4.57. The Balaban J connectivity index is 3.98. The van der Waals surface area contributed by atoms with Crippen LogP contribution in [0.4, 0.5) is 0 Å². The molecule has 0 aromatic carbocycles. The van der Waals surface area contributed by atoms with Crippen LogP contribution in [0.2, 0.25) is 0 Å². The average Bonchev–Trinajstić information content (AvgIpc) is 2.90. The van der Waals surface area contributed by atoms with Crippen LogP contribution in [0, 0.1) is 0 Å². The minimum absolute atomic E-state index is 0.0427. The monoisotopic (exact) mass is 570 g/mol. The number of allylic oxidation sites excluding steroid dienone is 2. The molecule has 0 aliphatic rings. The highest BCUT2D eigenvalue weighted by atomic mass is 16.5. The van der Waals surface area contributed by atoms with Gasteiger partial charge in [-0.25, -0.2) is 0 Å². The third-order valence-electron chi connectivity index (χ3n) is 6.87. The first kappa shape index (κ1) is 38.0. The van der Waals surface area contributed by atoms with Gasteiger partial charge in [-0.2, -0.15) is 0 Å². The number of carboxylic acids is 2. The van der Waals surface area contributed by atoms with Crippen LogP contribution in [0.25, 0.3) is 0 Å². The molecule has 9 nitrogen and oxygen atoms in total. The zero-order valence-electron chi connectivity index (χ0n) is 25.2. The van der Waals surface area contributed by atoms with E-state index in [1.807, 2.05) is 0 Å². The molecule has 0 aliphatic carbocycles. The summed E-state index contributed by atoms with van der Waals surface area (Å²) in [6.45, 7) is 6.70. The summed E-state index contributed by atoms with van der Waals surface area (Å²) in [5, 5.41) is 27.2. The van der Waals surface area contributed by atoms with Crippen molar-refractivity contribution in [1.82, 2.24) is 9.80 Å². The van der Waals surface area contributed by atoms with Gasteiger partial charge in [0, 0.05) is 25.8 Å². The highest BCUT2D eigenvalue weighted by Gasteiger charge is 2.11. The first-order valence-corrected chi connectivity index (χ1v) is 15.7. The summed E-state index contributed by atoms with van der Waals surface area (Å²) in [6.07, 6.45) is 19.6. The lowest BCUT2D eigenvalue weighted by atomic mass is 10.1. The maximum Gasteiger partial charge on any atom is 0.305 e. The number of hydrogen-bond acceptors (Lipinski definition) is 7. The summed E-state index contributed by atoms with van der Waals surface area (Å²) in [4.78, 5) is 38.0. The van der Waals surface area contributed by atoms with E-state index in [1.165, 1.54) is 51.4 Å². The number of carboxylic acid groups (broad SMARTS) is 2. The van der Waals surface area contributed by atoms with Crippen LogP contribution in [0.1, 0.15) is 116 Å². The molecule has 0 aliphatic heterocycles. The lowest BCUT2D eigenvalue weighted by Crippen LogP contribution is -2.34. The van der Waals surface area contributed by atoms with E-state index in [-0.39, 0.29) is 25.4 Å². The largest absolute Gasteiger partial charge is 0.481 e. The summed E-state index contributed by atoms with van der Waals surface area (Å²) in [5.41, 5.74) is 0. The Labute approximate surface area is 242 Å². The Morgan fingerprint density at radius 3 is 1.62 bits per heavy atom. The number of esters is 1. The molecule has 0 saturated carbocycles. The van der Waals surface area contributed by atoms with Crippen molar-refractivity contribution >= 4 is 17.9 Å². The molecule has 0 radical (unpaired) electrons. The van der Waals surface area contributed by atoms with Crippen molar-refractivity contribution < 1.29 is 34.4 Å². The van der Waals surface area contributed by atoms with E-state index in [0.717, 1.165) is 32.4 Å². The van der Waals surface area contributed by atoms with Gasteiger partial charge in [-0.1, -0.05) is 57.6 Å². The van der Waals surface area contributed by atoms with Gasteiger partial charge in [0.2, 0.25) is 0 Å². The second-order valence-corrected chi connectivity index (χ2v) is 10.6. The van der Waals surface area contributed by atoms with E-state index in [1.54, 1.807) is 0 Å². The van der Waals surface area contributed by atoms with Crippen molar-refractivity contribution in [3.63, 3.8) is 0 Å². The molecule has 3 N–H and O–H groups in total. The molecule has 234 valence electrons. The molecule has 0 aromatic heterocycles. The molecule has 0 bridgehead atoms. The highest BCUT2D eigenvalue weighted by Crippen LogP contribution is 2.09. The van der Waals surface area contributed by atoms with Crippen LogP contribution in [0.3, 0.4) is 0 Å². The summed E-state index contributed by atoms with van der Waals surface area (Å²) in [5.74, 6) is -1.82. The first-order valence-electron chi connectivity index (χ1n) is 15.7. The fourth-order valence-electron chi connectivity index (χ4n) is 4.57. The maximum atomic E-state index is 12.1.